The van der Waals surface area contributed by atoms with Crippen LogP contribution in [0.1, 0.15) is 36.0 Å². The molecule has 3 rings (SSSR count). The third kappa shape index (κ3) is 2.48. The van der Waals surface area contributed by atoms with Gasteiger partial charge in [0.25, 0.3) is 5.91 Å². The van der Waals surface area contributed by atoms with Crippen molar-refractivity contribution in [3.63, 3.8) is 0 Å². The second kappa shape index (κ2) is 5.12. The molecule has 1 aromatic heterocycles. The molecule has 5 heteroatoms. The Balaban J connectivity index is 1.75. The molecule has 2 aliphatic rings. The van der Waals surface area contributed by atoms with E-state index in [1.165, 1.54) is 19.3 Å². The number of aromatic nitrogens is 1. The zero-order valence-corrected chi connectivity index (χ0v) is 12.5. The van der Waals surface area contributed by atoms with Gasteiger partial charge >= 0.3 is 0 Å². The van der Waals surface area contributed by atoms with Crippen molar-refractivity contribution in [2.75, 3.05) is 12.4 Å². The van der Waals surface area contributed by atoms with Crippen LogP contribution in [-0.2, 0) is 0 Å². The first-order valence-electron chi connectivity index (χ1n) is 6.81. The summed E-state index contributed by atoms with van der Waals surface area (Å²) in [5.41, 5.74) is 0.611. The summed E-state index contributed by atoms with van der Waals surface area (Å²) < 4.78 is 0.824. The summed E-state index contributed by atoms with van der Waals surface area (Å²) in [6.07, 6.45) is 6.75. The number of fused-ring (bicyclic) bond motifs is 2. The first-order chi connectivity index (χ1) is 9.17. The number of nitrogens with one attached hydrogen (secondary N) is 2. The molecule has 2 aliphatic carbocycles. The summed E-state index contributed by atoms with van der Waals surface area (Å²) >= 11 is 3.37. The fourth-order valence-corrected chi connectivity index (χ4v) is 3.81. The van der Waals surface area contributed by atoms with Crippen LogP contribution in [0.5, 0.6) is 0 Å². The van der Waals surface area contributed by atoms with Gasteiger partial charge in [-0.15, -0.1) is 0 Å². The lowest BCUT2D eigenvalue weighted by atomic mass is 9.95. The number of anilines is 1. The molecular formula is C14H18BrN3O. The SMILES string of the molecule is CNc1ncc(Br)cc1C(=O)NC1CC2CCC1C2. The van der Waals surface area contributed by atoms with Gasteiger partial charge in [-0.05, 0) is 53.1 Å². The van der Waals surface area contributed by atoms with Gasteiger partial charge < -0.3 is 10.6 Å². The van der Waals surface area contributed by atoms with Crippen LogP contribution in [0.15, 0.2) is 16.7 Å². The molecule has 0 spiro atoms. The number of carbonyl (C=O) groups is 1. The zero-order valence-electron chi connectivity index (χ0n) is 10.9. The van der Waals surface area contributed by atoms with E-state index in [-0.39, 0.29) is 5.91 Å². The average Bonchev–Trinajstić information content (AvgIpc) is 3.01. The number of halogens is 1. The van der Waals surface area contributed by atoms with Crippen LogP contribution in [0.4, 0.5) is 5.82 Å². The Hall–Kier alpha value is -1.10. The van der Waals surface area contributed by atoms with Gasteiger partial charge in [-0.1, -0.05) is 6.42 Å². The van der Waals surface area contributed by atoms with E-state index in [0.717, 1.165) is 16.8 Å². The van der Waals surface area contributed by atoms with Gasteiger partial charge in [0.2, 0.25) is 0 Å². The second-order valence-corrected chi connectivity index (χ2v) is 6.47. The molecule has 0 aliphatic heterocycles. The molecule has 2 fully saturated rings. The lowest BCUT2D eigenvalue weighted by Gasteiger charge is -2.23. The van der Waals surface area contributed by atoms with Crippen molar-refractivity contribution in [2.45, 2.75) is 31.7 Å². The van der Waals surface area contributed by atoms with Crippen LogP contribution >= 0.6 is 15.9 Å². The van der Waals surface area contributed by atoms with Crippen molar-refractivity contribution in [1.29, 1.82) is 0 Å². The number of pyridine rings is 1. The summed E-state index contributed by atoms with van der Waals surface area (Å²) in [6.45, 7) is 0. The topological polar surface area (TPSA) is 54.0 Å². The molecule has 3 unspecified atom stereocenters. The molecule has 1 amide bonds. The van der Waals surface area contributed by atoms with Crippen LogP contribution in [0.3, 0.4) is 0 Å². The molecule has 19 heavy (non-hydrogen) atoms. The molecule has 0 saturated heterocycles. The Morgan fingerprint density at radius 3 is 2.89 bits per heavy atom. The molecule has 4 nitrogen and oxygen atoms in total. The molecule has 2 N–H and O–H groups in total. The highest BCUT2D eigenvalue weighted by Crippen LogP contribution is 2.44. The Bertz CT molecular complexity index is 505. The first kappa shape index (κ1) is 12.9. The molecule has 1 heterocycles. The Labute approximate surface area is 121 Å². The van der Waals surface area contributed by atoms with Crippen molar-refractivity contribution >= 4 is 27.7 Å². The number of nitrogens with zero attached hydrogens (tertiary/aromatic N) is 1. The Morgan fingerprint density at radius 2 is 2.26 bits per heavy atom. The maximum absolute atomic E-state index is 12.4. The third-order valence-electron chi connectivity index (χ3n) is 4.39. The van der Waals surface area contributed by atoms with E-state index in [0.29, 0.717) is 23.3 Å². The summed E-state index contributed by atoms with van der Waals surface area (Å²) in [5, 5.41) is 6.16. The monoisotopic (exact) mass is 323 g/mol. The standard InChI is InChI=1S/C14H18BrN3O/c1-16-13-11(6-10(15)7-17-13)14(19)18-12-5-8-2-3-9(12)4-8/h6-9,12H,2-5H2,1H3,(H,16,17)(H,18,19). The Kier molecular flexibility index (Phi) is 3.48. The highest BCUT2D eigenvalue weighted by atomic mass is 79.9. The van der Waals surface area contributed by atoms with Crippen LogP contribution in [0.2, 0.25) is 0 Å². The molecule has 0 aromatic carbocycles. The lowest BCUT2D eigenvalue weighted by Crippen LogP contribution is -2.38. The predicted octanol–water partition coefficient (Wildman–Crippen LogP) is 2.80. The van der Waals surface area contributed by atoms with Gasteiger partial charge in [-0.2, -0.15) is 0 Å². The van der Waals surface area contributed by atoms with E-state index in [1.54, 1.807) is 13.2 Å². The minimum absolute atomic E-state index is 0.0179. The molecule has 2 saturated carbocycles. The van der Waals surface area contributed by atoms with Gasteiger partial charge in [0.05, 0.1) is 5.56 Å². The zero-order chi connectivity index (χ0) is 13.4. The minimum atomic E-state index is -0.0179. The predicted molar refractivity (Wildman–Crippen MR) is 78.2 cm³/mol. The van der Waals surface area contributed by atoms with Crippen molar-refractivity contribution in [3.8, 4) is 0 Å². The fourth-order valence-electron chi connectivity index (χ4n) is 3.48. The summed E-state index contributed by atoms with van der Waals surface area (Å²) in [7, 11) is 1.78. The molecular weight excluding hydrogens is 306 g/mol. The molecule has 3 atom stereocenters. The highest BCUT2D eigenvalue weighted by molar-refractivity contribution is 9.10. The maximum Gasteiger partial charge on any atom is 0.255 e. The quantitative estimate of drug-likeness (QED) is 0.899. The lowest BCUT2D eigenvalue weighted by molar-refractivity contribution is 0.0923. The van der Waals surface area contributed by atoms with Crippen LogP contribution < -0.4 is 10.6 Å². The van der Waals surface area contributed by atoms with Crippen LogP contribution in [-0.4, -0.2) is 24.0 Å². The maximum atomic E-state index is 12.4. The van der Waals surface area contributed by atoms with Gasteiger partial charge in [0, 0.05) is 23.8 Å². The number of carbonyl (C=O) groups excluding carboxylic acids is 1. The van der Waals surface area contributed by atoms with Gasteiger partial charge in [0.15, 0.2) is 0 Å². The number of hydrogen-bond donors (Lipinski definition) is 2. The van der Waals surface area contributed by atoms with Crippen molar-refractivity contribution in [3.05, 3.63) is 22.3 Å². The normalized spacial score (nSPS) is 28.4. The Morgan fingerprint density at radius 1 is 1.42 bits per heavy atom. The summed E-state index contributed by atoms with van der Waals surface area (Å²) in [6, 6.07) is 2.18. The fraction of sp³-hybridized carbons (Fsp3) is 0.571. The molecule has 0 radical (unpaired) electrons. The van der Waals surface area contributed by atoms with E-state index >= 15 is 0 Å². The van der Waals surface area contributed by atoms with Crippen LogP contribution in [0.25, 0.3) is 0 Å². The van der Waals surface area contributed by atoms with Gasteiger partial charge in [0.1, 0.15) is 5.82 Å². The second-order valence-electron chi connectivity index (χ2n) is 5.55. The smallest absolute Gasteiger partial charge is 0.255 e. The van der Waals surface area contributed by atoms with E-state index in [1.807, 2.05) is 6.07 Å². The highest BCUT2D eigenvalue weighted by Gasteiger charge is 2.40. The van der Waals surface area contributed by atoms with E-state index in [2.05, 4.69) is 31.5 Å². The average molecular weight is 324 g/mol. The summed E-state index contributed by atoms with van der Waals surface area (Å²) in [5.74, 6) is 2.13. The van der Waals surface area contributed by atoms with Crippen LogP contribution in [0, 0.1) is 11.8 Å². The molecule has 2 bridgehead atoms. The third-order valence-corrected chi connectivity index (χ3v) is 4.82. The van der Waals surface area contributed by atoms with Crippen molar-refractivity contribution < 1.29 is 4.79 Å². The first-order valence-corrected chi connectivity index (χ1v) is 7.61. The number of hydrogen-bond acceptors (Lipinski definition) is 3. The van der Waals surface area contributed by atoms with Crippen molar-refractivity contribution in [1.82, 2.24) is 10.3 Å². The largest absolute Gasteiger partial charge is 0.372 e. The number of rotatable bonds is 3. The minimum Gasteiger partial charge on any atom is -0.372 e. The van der Waals surface area contributed by atoms with E-state index in [9.17, 15) is 4.79 Å². The van der Waals surface area contributed by atoms with Gasteiger partial charge in [-0.25, -0.2) is 4.98 Å². The molecule has 102 valence electrons. The number of amides is 1. The van der Waals surface area contributed by atoms with Crippen molar-refractivity contribution in [2.24, 2.45) is 11.8 Å². The molecule has 1 aromatic rings. The van der Waals surface area contributed by atoms with Gasteiger partial charge in [-0.3, -0.25) is 4.79 Å². The summed E-state index contributed by atoms with van der Waals surface area (Å²) in [4.78, 5) is 16.6. The van der Waals surface area contributed by atoms with E-state index < -0.39 is 0 Å². The van der Waals surface area contributed by atoms with E-state index in [4.69, 9.17) is 0 Å².